The highest BCUT2D eigenvalue weighted by atomic mass is 79.9. The van der Waals surface area contributed by atoms with E-state index in [1.165, 1.54) is 0 Å². The summed E-state index contributed by atoms with van der Waals surface area (Å²) in [5, 5.41) is 4.08. The summed E-state index contributed by atoms with van der Waals surface area (Å²) < 4.78 is 0.790. The van der Waals surface area contributed by atoms with Gasteiger partial charge in [0.15, 0.2) is 0 Å². The molecular formula is C15H12BrCl2NO. The predicted molar refractivity (Wildman–Crippen MR) is 88.0 cm³/mol. The molecule has 1 amide bonds. The zero-order valence-corrected chi connectivity index (χ0v) is 14.0. The van der Waals surface area contributed by atoms with Crippen molar-refractivity contribution in [3.63, 3.8) is 0 Å². The Hall–Kier alpha value is -1.03. The van der Waals surface area contributed by atoms with Gasteiger partial charge < -0.3 is 5.32 Å². The van der Waals surface area contributed by atoms with Crippen LogP contribution in [0.3, 0.4) is 0 Å². The van der Waals surface area contributed by atoms with Crippen molar-refractivity contribution in [3.05, 3.63) is 61.5 Å². The minimum Gasteiger partial charge on any atom is -0.321 e. The number of carbonyl (C=O) groups is 1. The Morgan fingerprint density at radius 3 is 2.35 bits per heavy atom. The van der Waals surface area contributed by atoms with E-state index in [0.717, 1.165) is 15.6 Å². The molecule has 0 heterocycles. The van der Waals surface area contributed by atoms with Crippen molar-refractivity contribution in [2.24, 2.45) is 0 Å². The quantitative estimate of drug-likeness (QED) is 0.727. The minimum absolute atomic E-state index is 0.203. The van der Waals surface area contributed by atoms with Crippen LogP contribution in [0, 0.1) is 13.8 Å². The summed E-state index contributed by atoms with van der Waals surface area (Å²) in [6.07, 6.45) is 0. The van der Waals surface area contributed by atoms with E-state index < -0.39 is 0 Å². The second kappa shape index (κ2) is 6.17. The van der Waals surface area contributed by atoms with E-state index in [1.807, 2.05) is 19.9 Å². The number of halogens is 3. The summed E-state index contributed by atoms with van der Waals surface area (Å²) in [5.74, 6) is -0.203. The largest absolute Gasteiger partial charge is 0.321 e. The highest BCUT2D eigenvalue weighted by Gasteiger charge is 2.11. The minimum atomic E-state index is -0.203. The summed E-state index contributed by atoms with van der Waals surface area (Å²) in [6.45, 7) is 3.76. The average molecular weight is 373 g/mol. The van der Waals surface area contributed by atoms with E-state index in [0.29, 0.717) is 21.3 Å². The number of hydrogen-bond acceptors (Lipinski definition) is 1. The van der Waals surface area contributed by atoms with Crippen LogP contribution in [0.15, 0.2) is 34.8 Å². The van der Waals surface area contributed by atoms with Gasteiger partial charge in [-0.25, -0.2) is 0 Å². The summed E-state index contributed by atoms with van der Waals surface area (Å²) in [5.41, 5.74) is 2.99. The molecule has 0 aliphatic rings. The molecule has 0 aliphatic carbocycles. The Labute approximate surface area is 136 Å². The number of anilines is 1. The third-order valence-corrected chi connectivity index (χ3v) is 4.40. The van der Waals surface area contributed by atoms with Crippen molar-refractivity contribution in [3.8, 4) is 0 Å². The lowest BCUT2D eigenvalue weighted by Crippen LogP contribution is -2.12. The highest BCUT2D eigenvalue weighted by molar-refractivity contribution is 9.10. The molecule has 0 aliphatic heterocycles. The van der Waals surface area contributed by atoms with Gasteiger partial charge in [0.05, 0.1) is 5.69 Å². The molecule has 0 saturated heterocycles. The van der Waals surface area contributed by atoms with Gasteiger partial charge in [0.1, 0.15) is 0 Å². The molecule has 2 aromatic carbocycles. The molecular weight excluding hydrogens is 361 g/mol. The smallest absolute Gasteiger partial charge is 0.255 e. The number of carbonyl (C=O) groups excluding carboxylic acids is 1. The van der Waals surface area contributed by atoms with Crippen molar-refractivity contribution in [2.45, 2.75) is 13.8 Å². The molecule has 104 valence electrons. The van der Waals surface area contributed by atoms with Crippen LogP contribution in [0.25, 0.3) is 0 Å². The molecule has 0 saturated carbocycles. The van der Waals surface area contributed by atoms with Gasteiger partial charge in [0.25, 0.3) is 5.91 Å². The van der Waals surface area contributed by atoms with Crippen LogP contribution in [-0.4, -0.2) is 5.91 Å². The monoisotopic (exact) mass is 371 g/mol. The molecule has 1 N–H and O–H groups in total. The van der Waals surface area contributed by atoms with Crippen LogP contribution in [0.1, 0.15) is 21.5 Å². The van der Waals surface area contributed by atoms with Gasteiger partial charge in [-0.15, -0.1) is 0 Å². The summed E-state index contributed by atoms with van der Waals surface area (Å²) >= 11 is 15.4. The standard InChI is InChI=1S/C15H12BrCl2NO/c1-8-5-10(3-4-12(8)17)15(20)19-14-7-13(18)9(2)6-11(14)16/h3-7H,1-2H3,(H,19,20). The lowest BCUT2D eigenvalue weighted by molar-refractivity contribution is 0.102. The SMILES string of the molecule is Cc1cc(C(=O)Nc2cc(Cl)c(C)cc2Br)ccc1Cl. The van der Waals surface area contributed by atoms with Crippen LogP contribution in [0.2, 0.25) is 10.0 Å². The predicted octanol–water partition coefficient (Wildman–Crippen LogP) is 5.63. The van der Waals surface area contributed by atoms with Gasteiger partial charge in [-0.1, -0.05) is 23.2 Å². The first-order valence-electron chi connectivity index (χ1n) is 5.91. The molecule has 20 heavy (non-hydrogen) atoms. The van der Waals surface area contributed by atoms with Crippen LogP contribution in [0.4, 0.5) is 5.69 Å². The first kappa shape index (κ1) is 15.4. The number of amides is 1. The first-order valence-corrected chi connectivity index (χ1v) is 7.46. The number of benzene rings is 2. The van der Waals surface area contributed by atoms with Crippen LogP contribution in [-0.2, 0) is 0 Å². The summed E-state index contributed by atoms with van der Waals surface area (Å²) in [6, 6.07) is 8.74. The number of aryl methyl sites for hydroxylation is 2. The van der Waals surface area contributed by atoms with Crippen molar-refractivity contribution in [2.75, 3.05) is 5.32 Å². The Kier molecular flexibility index (Phi) is 4.74. The zero-order chi connectivity index (χ0) is 14.9. The Morgan fingerprint density at radius 1 is 1.05 bits per heavy atom. The van der Waals surface area contributed by atoms with Crippen molar-refractivity contribution in [1.29, 1.82) is 0 Å². The maximum absolute atomic E-state index is 12.2. The molecule has 2 rings (SSSR count). The Morgan fingerprint density at radius 2 is 1.70 bits per heavy atom. The fourth-order valence-electron chi connectivity index (χ4n) is 1.72. The number of nitrogens with one attached hydrogen (secondary N) is 1. The van der Waals surface area contributed by atoms with Crippen LogP contribution >= 0.6 is 39.1 Å². The highest BCUT2D eigenvalue weighted by Crippen LogP contribution is 2.29. The fraction of sp³-hybridized carbons (Fsp3) is 0.133. The van der Waals surface area contributed by atoms with E-state index in [9.17, 15) is 4.79 Å². The Bertz CT molecular complexity index is 686. The second-order valence-electron chi connectivity index (χ2n) is 4.50. The van der Waals surface area contributed by atoms with Crippen molar-refractivity contribution in [1.82, 2.24) is 0 Å². The van der Waals surface area contributed by atoms with E-state index in [1.54, 1.807) is 24.3 Å². The lowest BCUT2D eigenvalue weighted by atomic mass is 10.1. The third kappa shape index (κ3) is 3.35. The van der Waals surface area contributed by atoms with Crippen molar-refractivity contribution < 1.29 is 4.79 Å². The average Bonchev–Trinajstić information content (AvgIpc) is 2.39. The third-order valence-electron chi connectivity index (χ3n) is 2.92. The van der Waals surface area contributed by atoms with Gasteiger partial charge in [0.2, 0.25) is 0 Å². The number of hydrogen-bond donors (Lipinski definition) is 1. The topological polar surface area (TPSA) is 29.1 Å². The normalized spacial score (nSPS) is 10.4. The van der Waals surface area contributed by atoms with E-state index in [2.05, 4.69) is 21.2 Å². The zero-order valence-electron chi connectivity index (χ0n) is 10.9. The van der Waals surface area contributed by atoms with Gasteiger partial charge in [-0.05, 0) is 71.2 Å². The van der Waals surface area contributed by atoms with Gasteiger partial charge in [0, 0.05) is 20.1 Å². The van der Waals surface area contributed by atoms with E-state index in [-0.39, 0.29) is 5.91 Å². The van der Waals surface area contributed by atoms with Crippen LogP contribution < -0.4 is 5.32 Å². The molecule has 0 radical (unpaired) electrons. The van der Waals surface area contributed by atoms with Crippen LogP contribution in [0.5, 0.6) is 0 Å². The molecule has 0 spiro atoms. The molecule has 0 unspecified atom stereocenters. The lowest BCUT2D eigenvalue weighted by Gasteiger charge is -2.10. The molecule has 2 nitrogen and oxygen atoms in total. The molecule has 5 heteroatoms. The molecule has 0 atom stereocenters. The van der Waals surface area contributed by atoms with E-state index in [4.69, 9.17) is 23.2 Å². The molecule has 0 aromatic heterocycles. The van der Waals surface area contributed by atoms with E-state index >= 15 is 0 Å². The summed E-state index contributed by atoms with van der Waals surface area (Å²) in [7, 11) is 0. The molecule has 0 bridgehead atoms. The van der Waals surface area contributed by atoms with Gasteiger partial charge in [-0.2, -0.15) is 0 Å². The molecule has 2 aromatic rings. The fourth-order valence-corrected chi connectivity index (χ4v) is 2.56. The van der Waals surface area contributed by atoms with Crippen molar-refractivity contribution >= 4 is 50.7 Å². The summed E-state index contributed by atoms with van der Waals surface area (Å²) in [4.78, 5) is 12.2. The van der Waals surface area contributed by atoms with Gasteiger partial charge in [-0.3, -0.25) is 4.79 Å². The molecule has 0 fully saturated rings. The maximum Gasteiger partial charge on any atom is 0.255 e. The maximum atomic E-state index is 12.2. The first-order chi connectivity index (χ1) is 9.38. The Balaban J connectivity index is 2.27. The second-order valence-corrected chi connectivity index (χ2v) is 6.17. The number of rotatable bonds is 2. The van der Waals surface area contributed by atoms with Gasteiger partial charge >= 0.3 is 0 Å².